The molecule has 8 rings (SSSR count). The summed E-state index contributed by atoms with van der Waals surface area (Å²) in [5, 5.41) is 6.63. The molecule has 4 heterocycles. The average molecular weight is 479 g/mol. The summed E-state index contributed by atoms with van der Waals surface area (Å²) in [6.07, 6.45) is 8.49. The zero-order valence-electron chi connectivity index (χ0n) is 19.0. The molecular formula is C26H30N4OS2. The Morgan fingerprint density at radius 1 is 1.21 bits per heavy atom. The number of likely N-dealkylation sites (N-methyl/N-ethyl adjacent to an activating group) is 1. The van der Waals surface area contributed by atoms with Gasteiger partial charge in [-0.1, -0.05) is 6.07 Å². The van der Waals surface area contributed by atoms with Crippen LogP contribution >= 0.6 is 22.7 Å². The number of amides is 1. The Kier molecular flexibility index (Phi) is 4.50. The van der Waals surface area contributed by atoms with Gasteiger partial charge in [0.15, 0.2) is 0 Å². The molecule has 4 fully saturated rings. The fraction of sp³-hybridized carbons (Fsp3) is 0.538. The number of nitrogens with one attached hydrogen (secondary N) is 1. The van der Waals surface area contributed by atoms with Gasteiger partial charge in [0.25, 0.3) is 5.91 Å². The molecule has 1 amide bonds. The summed E-state index contributed by atoms with van der Waals surface area (Å²) in [5.41, 5.74) is 11.0. The number of fused-ring (bicyclic) bond motifs is 2. The van der Waals surface area contributed by atoms with Crippen molar-refractivity contribution >= 4 is 44.5 Å². The lowest BCUT2D eigenvalue weighted by Gasteiger charge is -2.56. The second-order valence-electron chi connectivity index (χ2n) is 11.1. The van der Waals surface area contributed by atoms with Crippen LogP contribution in [0.25, 0.3) is 20.7 Å². The van der Waals surface area contributed by atoms with Crippen molar-refractivity contribution in [2.45, 2.75) is 57.0 Å². The minimum absolute atomic E-state index is 0.0135. The van der Waals surface area contributed by atoms with Crippen molar-refractivity contribution in [1.29, 1.82) is 0 Å². The van der Waals surface area contributed by atoms with Crippen LogP contribution in [0.15, 0.2) is 17.5 Å². The lowest BCUT2D eigenvalue weighted by atomic mass is 9.53. The molecule has 172 valence electrons. The Morgan fingerprint density at radius 3 is 2.61 bits per heavy atom. The van der Waals surface area contributed by atoms with E-state index in [-0.39, 0.29) is 11.4 Å². The van der Waals surface area contributed by atoms with E-state index in [9.17, 15) is 4.79 Å². The van der Waals surface area contributed by atoms with Gasteiger partial charge in [0.2, 0.25) is 0 Å². The van der Waals surface area contributed by atoms with Gasteiger partial charge in [-0.25, -0.2) is 4.98 Å². The molecule has 7 heteroatoms. The summed E-state index contributed by atoms with van der Waals surface area (Å²) in [6, 6.07) is 4.26. The van der Waals surface area contributed by atoms with Gasteiger partial charge < -0.3 is 16.0 Å². The number of pyridine rings is 1. The van der Waals surface area contributed by atoms with Crippen LogP contribution in [0.5, 0.6) is 0 Å². The van der Waals surface area contributed by atoms with E-state index in [1.165, 1.54) is 52.3 Å². The predicted molar refractivity (Wildman–Crippen MR) is 136 cm³/mol. The van der Waals surface area contributed by atoms with Gasteiger partial charge in [-0.2, -0.15) is 0 Å². The molecule has 0 radical (unpaired) electrons. The lowest BCUT2D eigenvalue weighted by molar-refractivity contribution is -0.0166. The Hall–Kier alpha value is -1.96. The molecule has 4 saturated carbocycles. The normalized spacial score (nSPS) is 30.6. The van der Waals surface area contributed by atoms with Crippen molar-refractivity contribution in [3.63, 3.8) is 0 Å². The number of thiophene rings is 2. The highest BCUT2D eigenvalue weighted by molar-refractivity contribution is 7.21. The molecule has 33 heavy (non-hydrogen) atoms. The smallest absolute Gasteiger partial charge is 0.264 e. The van der Waals surface area contributed by atoms with Crippen LogP contribution in [0.4, 0.5) is 5.69 Å². The lowest BCUT2D eigenvalue weighted by Crippen LogP contribution is -2.59. The van der Waals surface area contributed by atoms with Crippen LogP contribution in [0.1, 0.15) is 59.5 Å². The fourth-order valence-corrected chi connectivity index (χ4v) is 9.51. The quantitative estimate of drug-likeness (QED) is 0.536. The third kappa shape index (κ3) is 3.19. The number of carbonyl (C=O) groups excluding carboxylic acids is 1. The molecule has 1 aliphatic heterocycles. The SMILES string of the molecule is CN1CCc2nc3sc(C(=O)NC45CC6CC(CC(C6)C4)C5)c(N)c3c(-c3cccs3)c2C1. The van der Waals surface area contributed by atoms with Crippen molar-refractivity contribution in [1.82, 2.24) is 15.2 Å². The summed E-state index contributed by atoms with van der Waals surface area (Å²) in [5.74, 6) is 2.41. The van der Waals surface area contributed by atoms with Crippen molar-refractivity contribution in [3.05, 3.63) is 33.6 Å². The van der Waals surface area contributed by atoms with E-state index in [4.69, 9.17) is 10.7 Å². The van der Waals surface area contributed by atoms with Crippen molar-refractivity contribution in [3.8, 4) is 10.4 Å². The summed E-state index contributed by atoms with van der Waals surface area (Å²) in [6.45, 7) is 1.88. The van der Waals surface area contributed by atoms with E-state index in [1.807, 2.05) is 0 Å². The Labute approximate surface area is 202 Å². The number of aromatic nitrogens is 1. The maximum absolute atomic E-state index is 13.7. The number of nitrogens with zero attached hydrogens (tertiary/aromatic N) is 2. The average Bonchev–Trinajstić information content (AvgIpc) is 3.39. The second-order valence-corrected chi connectivity index (χ2v) is 13.0. The molecule has 0 spiro atoms. The highest BCUT2D eigenvalue weighted by Crippen LogP contribution is 2.56. The van der Waals surface area contributed by atoms with Crippen molar-refractivity contribution in [2.24, 2.45) is 17.8 Å². The third-order valence-corrected chi connectivity index (χ3v) is 10.6. The number of nitrogens with two attached hydrogens (primary N) is 1. The molecule has 5 nitrogen and oxygen atoms in total. The van der Waals surface area contributed by atoms with Crippen LogP contribution in [-0.2, 0) is 13.0 Å². The van der Waals surface area contributed by atoms with Crippen LogP contribution in [0.3, 0.4) is 0 Å². The largest absolute Gasteiger partial charge is 0.397 e. The van der Waals surface area contributed by atoms with Gasteiger partial charge in [-0.05, 0) is 80.3 Å². The summed E-state index contributed by atoms with van der Waals surface area (Å²) >= 11 is 3.23. The van der Waals surface area contributed by atoms with Gasteiger partial charge in [-0.3, -0.25) is 4.79 Å². The molecule has 5 aliphatic rings. The van der Waals surface area contributed by atoms with E-state index in [0.717, 1.165) is 66.7 Å². The molecule has 0 unspecified atom stereocenters. The molecule has 4 aliphatic carbocycles. The molecule has 0 aromatic carbocycles. The maximum Gasteiger partial charge on any atom is 0.264 e. The fourth-order valence-electron chi connectivity index (χ4n) is 7.68. The Bertz CT molecular complexity index is 1230. The standard InChI is InChI=1S/C26H30N4OS2/c1-30-5-4-18-17(13-30)20(19-3-2-6-32-19)21-22(27)23(33-25(21)28-18)24(31)29-26-10-14-7-15(11-26)9-16(8-14)12-26/h2-3,6,14-16H,4-5,7-13,27H2,1H3,(H,29,31). The first-order valence-electron chi connectivity index (χ1n) is 12.3. The first-order chi connectivity index (χ1) is 16.0. The van der Waals surface area contributed by atoms with E-state index in [0.29, 0.717) is 10.6 Å². The minimum Gasteiger partial charge on any atom is -0.397 e. The first-order valence-corrected chi connectivity index (χ1v) is 14.0. The molecule has 3 aromatic rings. The topological polar surface area (TPSA) is 71.2 Å². The predicted octanol–water partition coefficient (Wildman–Crippen LogP) is 5.29. The molecular weight excluding hydrogens is 448 g/mol. The molecule has 3 N–H and O–H groups in total. The second kappa shape index (κ2) is 7.27. The highest BCUT2D eigenvalue weighted by Gasteiger charge is 2.51. The van der Waals surface area contributed by atoms with Gasteiger partial charge in [0.1, 0.15) is 9.71 Å². The van der Waals surface area contributed by atoms with E-state index < -0.39 is 0 Å². The number of rotatable bonds is 3. The number of carbonyl (C=O) groups is 1. The molecule has 0 atom stereocenters. The molecule has 4 bridgehead atoms. The highest BCUT2D eigenvalue weighted by atomic mass is 32.1. The van der Waals surface area contributed by atoms with E-state index in [2.05, 4.69) is 34.8 Å². The number of hydrogen-bond acceptors (Lipinski definition) is 6. The number of anilines is 1. The first kappa shape index (κ1) is 20.4. The summed E-state index contributed by atoms with van der Waals surface area (Å²) in [4.78, 5) is 23.8. The van der Waals surface area contributed by atoms with Gasteiger partial charge >= 0.3 is 0 Å². The van der Waals surface area contributed by atoms with Gasteiger partial charge in [0.05, 0.1) is 5.69 Å². The monoisotopic (exact) mass is 478 g/mol. The Morgan fingerprint density at radius 2 is 1.94 bits per heavy atom. The van der Waals surface area contributed by atoms with Crippen LogP contribution in [0.2, 0.25) is 0 Å². The minimum atomic E-state index is -0.0135. The maximum atomic E-state index is 13.7. The zero-order valence-corrected chi connectivity index (χ0v) is 20.7. The number of nitrogen functional groups attached to an aromatic ring is 1. The summed E-state index contributed by atoms with van der Waals surface area (Å²) < 4.78 is 0. The Balaban J connectivity index is 1.32. The number of hydrogen-bond donors (Lipinski definition) is 2. The van der Waals surface area contributed by atoms with Crippen molar-refractivity contribution < 1.29 is 4.79 Å². The zero-order chi connectivity index (χ0) is 22.3. The van der Waals surface area contributed by atoms with Crippen LogP contribution < -0.4 is 11.1 Å². The molecule has 3 aromatic heterocycles. The summed E-state index contributed by atoms with van der Waals surface area (Å²) in [7, 11) is 2.16. The van der Waals surface area contributed by atoms with E-state index >= 15 is 0 Å². The van der Waals surface area contributed by atoms with Gasteiger partial charge in [0, 0.05) is 46.6 Å². The third-order valence-electron chi connectivity index (χ3n) is 8.61. The van der Waals surface area contributed by atoms with Crippen molar-refractivity contribution in [2.75, 3.05) is 19.3 Å². The van der Waals surface area contributed by atoms with Gasteiger partial charge in [-0.15, -0.1) is 22.7 Å². The van der Waals surface area contributed by atoms with E-state index in [1.54, 1.807) is 11.3 Å². The van der Waals surface area contributed by atoms with Crippen LogP contribution in [-0.4, -0.2) is 34.9 Å². The van der Waals surface area contributed by atoms with Crippen LogP contribution in [0, 0.1) is 17.8 Å². The molecule has 0 saturated heterocycles.